The Morgan fingerprint density at radius 1 is 1.06 bits per heavy atom. The Bertz CT molecular complexity index is 1130. The lowest BCUT2D eigenvalue weighted by Crippen LogP contribution is -2.51. The number of rotatable bonds is 10. The molecule has 1 N–H and O–H groups in total. The van der Waals surface area contributed by atoms with Gasteiger partial charge in [-0.05, 0) is 48.7 Å². The van der Waals surface area contributed by atoms with Crippen LogP contribution in [0.2, 0.25) is 5.02 Å². The average molecular weight is 516 g/mol. The summed E-state index contributed by atoms with van der Waals surface area (Å²) in [6, 6.07) is 7.75. The van der Waals surface area contributed by atoms with Crippen molar-refractivity contribution in [2.75, 3.05) is 23.7 Å². The number of anilines is 1. The molecule has 186 valence electrons. The second-order valence-electron chi connectivity index (χ2n) is 8.33. The van der Waals surface area contributed by atoms with Gasteiger partial charge in [-0.3, -0.25) is 13.9 Å². The fourth-order valence-corrected chi connectivity index (χ4v) is 4.09. The largest absolute Gasteiger partial charge is 0.354 e. The minimum Gasteiger partial charge on any atom is -0.354 e. The molecule has 0 spiro atoms. The molecule has 1 atom stereocenters. The SMILES string of the molecule is CC(C)CNC(=O)C(C)N(Cc1ccc(F)cc1)C(=O)CN(c1ccc(F)c(Cl)c1)S(C)(=O)=O. The summed E-state index contributed by atoms with van der Waals surface area (Å²) in [5.74, 6) is -2.11. The summed E-state index contributed by atoms with van der Waals surface area (Å²) in [4.78, 5) is 27.3. The number of amides is 2. The zero-order valence-electron chi connectivity index (χ0n) is 19.4. The van der Waals surface area contributed by atoms with Crippen LogP contribution >= 0.6 is 11.6 Å². The maximum atomic E-state index is 13.6. The Morgan fingerprint density at radius 2 is 1.68 bits per heavy atom. The van der Waals surface area contributed by atoms with E-state index in [-0.39, 0.29) is 23.2 Å². The number of halogens is 3. The van der Waals surface area contributed by atoms with Crippen molar-refractivity contribution in [2.24, 2.45) is 5.92 Å². The predicted octanol–water partition coefficient (Wildman–Crippen LogP) is 3.57. The number of sulfonamides is 1. The third kappa shape index (κ3) is 7.66. The number of hydrogen-bond acceptors (Lipinski definition) is 4. The molecule has 2 aromatic rings. The van der Waals surface area contributed by atoms with Crippen molar-refractivity contribution in [1.29, 1.82) is 0 Å². The topological polar surface area (TPSA) is 86.8 Å². The number of carbonyl (C=O) groups excluding carboxylic acids is 2. The third-order valence-electron chi connectivity index (χ3n) is 4.99. The monoisotopic (exact) mass is 515 g/mol. The van der Waals surface area contributed by atoms with Gasteiger partial charge in [0.15, 0.2) is 0 Å². The number of benzene rings is 2. The molecule has 0 saturated carbocycles. The van der Waals surface area contributed by atoms with Gasteiger partial charge in [0.25, 0.3) is 0 Å². The van der Waals surface area contributed by atoms with Gasteiger partial charge in [-0.2, -0.15) is 0 Å². The summed E-state index contributed by atoms with van der Waals surface area (Å²) in [5, 5.41) is 2.45. The highest BCUT2D eigenvalue weighted by molar-refractivity contribution is 7.92. The van der Waals surface area contributed by atoms with Gasteiger partial charge in [-0.15, -0.1) is 0 Å². The molecule has 2 aromatic carbocycles. The van der Waals surface area contributed by atoms with Crippen LogP contribution in [0.1, 0.15) is 26.3 Å². The normalized spacial score (nSPS) is 12.4. The lowest BCUT2D eigenvalue weighted by Gasteiger charge is -2.31. The number of hydrogen-bond donors (Lipinski definition) is 1. The molecule has 2 rings (SSSR count). The van der Waals surface area contributed by atoms with Crippen LogP contribution in [-0.4, -0.2) is 50.5 Å². The molecular weight excluding hydrogens is 488 g/mol. The van der Waals surface area contributed by atoms with E-state index < -0.39 is 46.1 Å². The summed E-state index contributed by atoms with van der Waals surface area (Å²) in [5.41, 5.74) is 0.551. The molecule has 0 saturated heterocycles. The molecule has 1 unspecified atom stereocenters. The van der Waals surface area contributed by atoms with Crippen molar-refractivity contribution in [2.45, 2.75) is 33.4 Å². The van der Waals surface area contributed by atoms with Gasteiger partial charge in [0.1, 0.15) is 24.2 Å². The first-order chi connectivity index (χ1) is 15.8. The second kappa shape index (κ2) is 11.6. The van der Waals surface area contributed by atoms with Gasteiger partial charge in [0.05, 0.1) is 17.0 Å². The fraction of sp³-hybridized carbons (Fsp3) is 0.391. The van der Waals surface area contributed by atoms with Crippen LogP contribution in [-0.2, 0) is 26.2 Å². The molecular formula is C23H28ClF2N3O4S. The zero-order chi connectivity index (χ0) is 25.6. The van der Waals surface area contributed by atoms with E-state index in [1.165, 1.54) is 42.2 Å². The van der Waals surface area contributed by atoms with E-state index in [1.807, 2.05) is 13.8 Å². The minimum absolute atomic E-state index is 0.000828. The summed E-state index contributed by atoms with van der Waals surface area (Å²) < 4.78 is 52.6. The van der Waals surface area contributed by atoms with E-state index >= 15 is 0 Å². The van der Waals surface area contributed by atoms with Crippen LogP contribution in [0.3, 0.4) is 0 Å². The van der Waals surface area contributed by atoms with E-state index in [2.05, 4.69) is 5.32 Å². The fourth-order valence-electron chi connectivity index (χ4n) is 3.08. The summed E-state index contributed by atoms with van der Waals surface area (Å²) in [7, 11) is -3.97. The van der Waals surface area contributed by atoms with E-state index in [1.54, 1.807) is 0 Å². The molecule has 0 radical (unpaired) electrons. The molecule has 0 aromatic heterocycles. The molecule has 11 heteroatoms. The molecule has 0 aliphatic carbocycles. The molecule has 7 nitrogen and oxygen atoms in total. The summed E-state index contributed by atoms with van der Waals surface area (Å²) >= 11 is 5.80. The highest BCUT2D eigenvalue weighted by Gasteiger charge is 2.30. The van der Waals surface area contributed by atoms with Crippen LogP contribution in [0.5, 0.6) is 0 Å². The zero-order valence-corrected chi connectivity index (χ0v) is 21.0. The Labute approximate surface area is 203 Å². The molecule has 0 bridgehead atoms. The van der Waals surface area contributed by atoms with E-state index in [4.69, 9.17) is 11.6 Å². The molecule has 0 aliphatic rings. The van der Waals surface area contributed by atoms with Crippen molar-refractivity contribution in [3.63, 3.8) is 0 Å². The summed E-state index contributed by atoms with van der Waals surface area (Å²) in [6.45, 7) is 5.05. The van der Waals surface area contributed by atoms with Gasteiger partial charge in [0.2, 0.25) is 21.8 Å². The van der Waals surface area contributed by atoms with Crippen LogP contribution in [0.4, 0.5) is 14.5 Å². The third-order valence-corrected chi connectivity index (χ3v) is 6.42. The smallest absolute Gasteiger partial charge is 0.244 e. The van der Waals surface area contributed by atoms with Crippen LogP contribution < -0.4 is 9.62 Å². The van der Waals surface area contributed by atoms with Gasteiger partial charge in [0, 0.05) is 13.1 Å². The molecule has 2 amide bonds. The van der Waals surface area contributed by atoms with E-state index in [9.17, 15) is 26.8 Å². The predicted molar refractivity (Wildman–Crippen MR) is 128 cm³/mol. The van der Waals surface area contributed by atoms with Gasteiger partial charge in [-0.1, -0.05) is 37.6 Å². The van der Waals surface area contributed by atoms with E-state index in [0.717, 1.165) is 22.7 Å². The second-order valence-corrected chi connectivity index (χ2v) is 10.6. The van der Waals surface area contributed by atoms with Gasteiger partial charge < -0.3 is 10.2 Å². The van der Waals surface area contributed by atoms with Gasteiger partial charge in [-0.25, -0.2) is 17.2 Å². The highest BCUT2D eigenvalue weighted by atomic mass is 35.5. The molecule has 0 fully saturated rings. The van der Waals surface area contributed by atoms with Crippen molar-refractivity contribution < 1.29 is 26.8 Å². The first kappa shape index (κ1) is 27.5. The number of nitrogens with one attached hydrogen (secondary N) is 1. The number of carbonyl (C=O) groups is 2. The first-order valence-corrected chi connectivity index (χ1v) is 12.8. The quantitative estimate of drug-likeness (QED) is 0.524. The number of nitrogens with zero attached hydrogens (tertiary/aromatic N) is 2. The van der Waals surface area contributed by atoms with E-state index in [0.29, 0.717) is 12.1 Å². The summed E-state index contributed by atoms with van der Waals surface area (Å²) in [6.07, 6.45) is 0.903. The van der Waals surface area contributed by atoms with Crippen molar-refractivity contribution in [3.8, 4) is 0 Å². The van der Waals surface area contributed by atoms with Crippen molar-refractivity contribution in [3.05, 3.63) is 64.7 Å². The minimum atomic E-state index is -3.97. The Hall–Kier alpha value is -2.72. The Balaban J connectivity index is 2.37. The van der Waals surface area contributed by atoms with Crippen LogP contribution in [0, 0.1) is 17.6 Å². The van der Waals surface area contributed by atoms with Crippen LogP contribution in [0.15, 0.2) is 42.5 Å². The van der Waals surface area contributed by atoms with Gasteiger partial charge >= 0.3 is 0 Å². The Morgan fingerprint density at radius 3 is 2.21 bits per heavy atom. The lowest BCUT2D eigenvalue weighted by molar-refractivity contribution is -0.139. The Kier molecular flexibility index (Phi) is 9.40. The standard InChI is InChI=1S/C23H28ClF2N3O4S/c1-15(2)12-27-23(31)16(3)28(13-17-5-7-18(25)8-6-17)22(30)14-29(34(4,32)33)19-9-10-21(26)20(24)11-19/h5-11,15-16H,12-14H2,1-4H3,(H,27,31). The molecule has 34 heavy (non-hydrogen) atoms. The van der Waals surface area contributed by atoms with Crippen LogP contribution in [0.25, 0.3) is 0 Å². The maximum absolute atomic E-state index is 13.6. The molecule has 0 aliphatic heterocycles. The maximum Gasteiger partial charge on any atom is 0.244 e. The lowest BCUT2D eigenvalue weighted by atomic mass is 10.1. The van der Waals surface area contributed by atoms with Crippen molar-refractivity contribution >= 4 is 39.1 Å². The first-order valence-electron chi connectivity index (χ1n) is 10.5. The highest BCUT2D eigenvalue weighted by Crippen LogP contribution is 2.25. The van der Waals surface area contributed by atoms with Crippen molar-refractivity contribution in [1.82, 2.24) is 10.2 Å². The average Bonchev–Trinajstić information content (AvgIpc) is 2.76. The molecule has 0 heterocycles.